The minimum atomic E-state index is -0.750. The van der Waals surface area contributed by atoms with E-state index in [0.717, 1.165) is 0 Å². The van der Waals surface area contributed by atoms with Crippen molar-refractivity contribution in [3.63, 3.8) is 0 Å². The third-order valence-electron chi connectivity index (χ3n) is 4.86. The number of amides is 1. The van der Waals surface area contributed by atoms with E-state index in [2.05, 4.69) is 6.58 Å². The van der Waals surface area contributed by atoms with E-state index in [1.165, 1.54) is 4.90 Å². The van der Waals surface area contributed by atoms with Gasteiger partial charge >= 0.3 is 0 Å². The maximum Gasteiger partial charge on any atom is 0.295 e. The van der Waals surface area contributed by atoms with Gasteiger partial charge in [-0.05, 0) is 29.8 Å². The number of hydrogen-bond acceptors (Lipinski definition) is 6. The van der Waals surface area contributed by atoms with Gasteiger partial charge in [-0.2, -0.15) is 0 Å². The van der Waals surface area contributed by atoms with Crippen LogP contribution < -0.4 is 4.74 Å². The lowest BCUT2D eigenvalue weighted by molar-refractivity contribution is -0.140. The minimum Gasteiger partial charge on any atom is -0.507 e. The largest absolute Gasteiger partial charge is 0.507 e. The summed E-state index contributed by atoms with van der Waals surface area (Å²) in [5.74, 6) is -1.10. The van der Waals surface area contributed by atoms with Crippen molar-refractivity contribution in [1.29, 1.82) is 0 Å². The molecule has 0 unspecified atom stereocenters. The first-order chi connectivity index (χ1) is 15.1. The molecular weight excluding hydrogens is 398 g/mol. The van der Waals surface area contributed by atoms with E-state index in [4.69, 9.17) is 14.6 Å². The second-order valence-electron chi connectivity index (χ2n) is 6.86. The van der Waals surface area contributed by atoms with E-state index in [-0.39, 0.29) is 37.7 Å². The van der Waals surface area contributed by atoms with Gasteiger partial charge in [-0.15, -0.1) is 0 Å². The van der Waals surface area contributed by atoms with Crippen LogP contribution in [0.2, 0.25) is 0 Å². The van der Waals surface area contributed by atoms with E-state index < -0.39 is 17.7 Å². The van der Waals surface area contributed by atoms with Crippen molar-refractivity contribution in [2.24, 2.45) is 0 Å². The molecule has 0 spiro atoms. The van der Waals surface area contributed by atoms with Crippen LogP contribution in [0.5, 0.6) is 5.75 Å². The molecule has 1 saturated heterocycles. The van der Waals surface area contributed by atoms with Gasteiger partial charge in [-0.3, -0.25) is 9.59 Å². The third kappa shape index (κ3) is 5.02. The number of benzene rings is 2. The van der Waals surface area contributed by atoms with Crippen LogP contribution in [0.4, 0.5) is 0 Å². The molecule has 1 amide bonds. The smallest absolute Gasteiger partial charge is 0.295 e. The Morgan fingerprint density at radius 3 is 2.42 bits per heavy atom. The Morgan fingerprint density at radius 1 is 1.06 bits per heavy atom. The number of nitrogens with zero attached hydrogens (tertiary/aromatic N) is 1. The van der Waals surface area contributed by atoms with Crippen molar-refractivity contribution in [3.8, 4) is 5.75 Å². The van der Waals surface area contributed by atoms with Gasteiger partial charge in [-0.1, -0.05) is 43.0 Å². The van der Waals surface area contributed by atoms with Crippen molar-refractivity contribution in [3.05, 3.63) is 84.0 Å². The van der Waals surface area contributed by atoms with Gasteiger partial charge in [0, 0.05) is 12.1 Å². The van der Waals surface area contributed by atoms with E-state index in [1.807, 2.05) is 18.2 Å². The molecule has 7 nitrogen and oxygen atoms in total. The van der Waals surface area contributed by atoms with E-state index in [1.54, 1.807) is 42.5 Å². The number of hydrogen-bond donors (Lipinski definition) is 2. The fraction of sp³-hybridized carbons (Fsp3) is 0.250. The first-order valence-corrected chi connectivity index (χ1v) is 9.94. The summed E-state index contributed by atoms with van der Waals surface area (Å²) < 4.78 is 10.7. The van der Waals surface area contributed by atoms with Crippen LogP contribution in [0.3, 0.4) is 0 Å². The SMILES string of the molecule is C=CCOc1ccc(C(O)=C2C(=O)C(=O)N(CCOCCO)[C@H]2c2ccccc2)cc1. The number of rotatable bonds is 10. The summed E-state index contributed by atoms with van der Waals surface area (Å²) in [6.45, 7) is 4.26. The summed E-state index contributed by atoms with van der Waals surface area (Å²) in [6, 6.07) is 14.9. The summed E-state index contributed by atoms with van der Waals surface area (Å²) in [7, 11) is 0. The predicted molar refractivity (Wildman–Crippen MR) is 115 cm³/mol. The number of carbonyl (C=O) groups is 2. The average molecular weight is 423 g/mol. The fourth-order valence-electron chi connectivity index (χ4n) is 3.44. The zero-order valence-corrected chi connectivity index (χ0v) is 17.1. The molecule has 2 aromatic rings. The second-order valence-corrected chi connectivity index (χ2v) is 6.86. The van der Waals surface area contributed by atoms with E-state index in [9.17, 15) is 14.7 Å². The molecule has 162 valence electrons. The zero-order valence-electron chi connectivity index (χ0n) is 17.1. The molecule has 0 radical (unpaired) electrons. The molecule has 2 N–H and O–H groups in total. The van der Waals surface area contributed by atoms with E-state index in [0.29, 0.717) is 23.5 Å². The zero-order chi connectivity index (χ0) is 22.2. The third-order valence-corrected chi connectivity index (χ3v) is 4.86. The maximum atomic E-state index is 12.9. The van der Waals surface area contributed by atoms with Gasteiger partial charge in [0.15, 0.2) is 0 Å². The first kappa shape index (κ1) is 22.3. The van der Waals surface area contributed by atoms with Crippen LogP contribution in [0.25, 0.3) is 5.76 Å². The Balaban J connectivity index is 1.98. The quantitative estimate of drug-likeness (QED) is 0.201. The summed E-state index contributed by atoms with van der Waals surface area (Å²) in [5, 5.41) is 19.9. The van der Waals surface area contributed by atoms with Crippen molar-refractivity contribution >= 4 is 17.4 Å². The molecule has 0 bridgehead atoms. The van der Waals surface area contributed by atoms with Crippen LogP contribution in [-0.2, 0) is 14.3 Å². The molecule has 1 fully saturated rings. The topological polar surface area (TPSA) is 96.3 Å². The number of likely N-dealkylation sites (tertiary alicyclic amines) is 1. The minimum absolute atomic E-state index is 0.0260. The monoisotopic (exact) mass is 423 g/mol. The number of ether oxygens (including phenoxy) is 2. The average Bonchev–Trinajstić information content (AvgIpc) is 3.06. The molecule has 2 aromatic carbocycles. The Hall–Kier alpha value is -3.42. The molecule has 7 heteroatoms. The first-order valence-electron chi connectivity index (χ1n) is 9.94. The van der Waals surface area contributed by atoms with Gasteiger partial charge in [0.05, 0.1) is 31.4 Å². The van der Waals surface area contributed by atoms with Gasteiger partial charge in [0.25, 0.3) is 11.7 Å². The van der Waals surface area contributed by atoms with Crippen molar-refractivity contribution in [2.45, 2.75) is 6.04 Å². The maximum absolute atomic E-state index is 12.9. The van der Waals surface area contributed by atoms with Crippen molar-refractivity contribution in [2.75, 3.05) is 33.0 Å². The standard InChI is InChI=1S/C24H25NO6/c1-2-14-31-19-10-8-18(9-11-19)22(27)20-21(17-6-4-3-5-7-17)25(24(29)23(20)28)12-15-30-16-13-26/h2-11,21,26-27H,1,12-16H2/t21-/m0/s1. The molecule has 1 aliphatic heterocycles. The van der Waals surface area contributed by atoms with Crippen LogP contribution in [0.15, 0.2) is 72.8 Å². The van der Waals surface area contributed by atoms with Crippen LogP contribution in [0, 0.1) is 0 Å². The van der Waals surface area contributed by atoms with Gasteiger partial charge in [-0.25, -0.2) is 0 Å². The molecule has 0 aliphatic carbocycles. The summed E-state index contributed by atoms with van der Waals surface area (Å²) >= 11 is 0. The Labute approximate surface area is 180 Å². The van der Waals surface area contributed by atoms with Crippen molar-refractivity contribution in [1.82, 2.24) is 4.90 Å². The van der Waals surface area contributed by atoms with Crippen LogP contribution >= 0.6 is 0 Å². The summed E-state index contributed by atoms with van der Waals surface area (Å²) in [6.07, 6.45) is 1.62. The lowest BCUT2D eigenvalue weighted by atomic mass is 9.95. The summed E-state index contributed by atoms with van der Waals surface area (Å²) in [4.78, 5) is 27.0. The molecule has 0 aromatic heterocycles. The van der Waals surface area contributed by atoms with Crippen LogP contribution in [-0.4, -0.2) is 59.8 Å². The van der Waals surface area contributed by atoms with Crippen LogP contribution in [0.1, 0.15) is 17.2 Å². The molecule has 1 atom stereocenters. The number of carbonyl (C=O) groups excluding carboxylic acids is 2. The number of Topliss-reactive ketones (excluding diaryl/α,β-unsaturated/α-hetero) is 1. The lowest BCUT2D eigenvalue weighted by Gasteiger charge is -2.25. The molecule has 0 saturated carbocycles. The van der Waals surface area contributed by atoms with Gasteiger partial charge in [0.2, 0.25) is 0 Å². The van der Waals surface area contributed by atoms with E-state index >= 15 is 0 Å². The normalized spacial score (nSPS) is 17.7. The van der Waals surface area contributed by atoms with Crippen molar-refractivity contribution < 1.29 is 29.3 Å². The molecule has 3 rings (SSSR count). The Morgan fingerprint density at radius 2 is 1.77 bits per heavy atom. The highest BCUT2D eigenvalue weighted by molar-refractivity contribution is 6.46. The summed E-state index contributed by atoms with van der Waals surface area (Å²) in [5.41, 5.74) is 1.14. The highest BCUT2D eigenvalue weighted by atomic mass is 16.5. The van der Waals surface area contributed by atoms with Gasteiger partial charge in [0.1, 0.15) is 18.1 Å². The Bertz CT molecular complexity index is 952. The molecule has 1 aliphatic rings. The number of aliphatic hydroxyl groups is 2. The van der Waals surface area contributed by atoms with Gasteiger partial charge < -0.3 is 24.6 Å². The second kappa shape index (κ2) is 10.6. The molecule has 1 heterocycles. The fourth-order valence-corrected chi connectivity index (χ4v) is 3.44. The molecule has 31 heavy (non-hydrogen) atoms. The number of ketones is 1. The predicted octanol–water partition coefficient (Wildman–Crippen LogP) is 2.68. The lowest BCUT2D eigenvalue weighted by Crippen LogP contribution is -2.33. The molecular formula is C24H25NO6. The highest BCUT2D eigenvalue weighted by Crippen LogP contribution is 2.39. The Kier molecular flexibility index (Phi) is 7.59. The highest BCUT2D eigenvalue weighted by Gasteiger charge is 2.45. The number of aliphatic hydroxyl groups excluding tert-OH is 2.